The van der Waals surface area contributed by atoms with Crippen molar-refractivity contribution in [2.75, 3.05) is 6.61 Å². The molecule has 2 unspecified atom stereocenters. The lowest BCUT2D eigenvalue weighted by atomic mass is 10.1. The first-order valence-electron chi connectivity index (χ1n) is 5.21. The van der Waals surface area contributed by atoms with E-state index >= 15 is 0 Å². The summed E-state index contributed by atoms with van der Waals surface area (Å²) in [5.41, 5.74) is 6.11. The first kappa shape index (κ1) is 9.68. The van der Waals surface area contributed by atoms with E-state index in [0.717, 1.165) is 31.8 Å². The molecule has 78 valence electrons. The van der Waals surface area contributed by atoms with E-state index in [0.29, 0.717) is 0 Å². The Balaban J connectivity index is 2.12. The minimum absolute atomic E-state index is 0.0764. The molecule has 4 nitrogen and oxygen atoms in total. The van der Waals surface area contributed by atoms with Gasteiger partial charge in [-0.05, 0) is 19.8 Å². The van der Waals surface area contributed by atoms with Gasteiger partial charge in [0, 0.05) is 25.5 Å². The minimum atomic E-state index is -0.0764. The van der Waals surface area contributed by atoms with Crippen molar-refractivity contribution in [3.8, 4) is 0 Å². The van der Waals surface area contributed by atoms with Gasteiger partial charge in [-0.1, -0.05) is 0 Å². The number of hydrogen-bond acceptors (Lipinski definition) is 3. The molecular formula is C10H17N3O. The van der Waals surface area contributed by atoms with Gasteiger partial charge >= 0.3 is 0 Å². The van der Waals surface area contributed by atoms with Crippen molar-refractivity contribution in [1.82, 2.24) is 9.55 Å². The summed E-state index contributed by atoms with van der Waals surface area (Å²) in [6, 6.07) is -0.0764. The van der Waals surface area contributed by atoms with Gasteiger partial charge in [-0.15, -0.1) is 0 Å². The second kappa shape index (κ2) is 4.11. The summed E-state index contributed by atoms with van der Waals surface area (Å²) in [6.45, 7) is 3.84. The average Bonchev–Trinajstić information content (AvgIpc) is 2.87. The monoisotopic (exact) mass is 195 g/mol. The summed E-state index contributed by atoms with van der Waals surface area (Å²) in [5.74, 6) is 0.944. The van der Waals surface area contributed by atoms with Gasteiger partial charge in [0.25, 0.3) is 0 Å². The lowest BCUT2D eigenvalue weighted by Crippen LogP contribution is -2.28. The normalized spacial score (nSPS) is 24.0. The van der Waals surface area contributed by atoms with E-state index in [2.05, 4.69) is 16.5 Å². The zero-order valence-corrected chi connectivity index (χ0v) is 8.52. The lowest BCUT2D eigenvalue weighted by molar-refractivity contribution is 0.0867. The van der Waals surface area contributed by atoms with Crippen molar-refractivity contribution in [2.24, 2.45) is 5.73 Å². The van der Waals surface area contributed by atoms with Crippen LogP contribution in [0.25, 0.3) is 0 Å². The molecule has 0 amide bonds. The Morgan fingerprint density at radius 2 is 2.64 bits per heavy atom. The van der Waals surface area contributed by atoms with E-state index in [1.807, 2.05) is 6.20 Å². The summed E-state index contributed by atoms with van der Waals surface area (Å²) in [7, 11) is 0. The molecule has 0 spiro atoms. The van der Waals surface area contributed by atoms with Crippen molar-refractivity contribution in [1.29, 1.82) is 0 Å². The highest BCUT2D eigenvalue weighted by Gasteiger charge is 2.26. The zero-order valence-electron chi connectivity index (χ0n) is 8.52. The Hall–Kier alpha value is -0.870. The van der Waals surface area contributed by atoms with Crippen molar-refractivity contribution in [3.63, 3.8) is 0 Å². The third-order valence-corrected chi connectivity index (χ3v) is 2.75. The van der Waals surface area contributed by atoms with Crippen LogP contribution >= 0.6 is 0 Å². The fourth-order valence-corrected chi connectivity index (χ4v) is 1.94. The van der Waals surface area contributed by atoms with Gasteiger partial charge in [-0.2, -0.15) is 0 Å². The maximum absolute atomic E-state index is 6.11. The van der Waals surface area contributed by atoms with Crippen molar-refractivity contribution < 1.29 is 4.74 Å². The highest BCUT2D eigenvalue weighted by atomic mass is 16.5. The molecule has 1 aliphatic rings. The largest absolute Gasteiger partial charge is 0.376 e. The number of hydrogen-bond donors (Lipinski definition) is 1. The van der Waals surface area contributed by atoms with Crippen LogP contribution in [0.3, 0.4) is 0 Å². The van der Waals surface area contributed by atoms with E-state index in [1.54, 1.807) is 6.20 Å². The summed E-state index contributed by atoms with van der Waals surface area (Å²) in [6.07, 6.45) is 6.09. The van der Waals surface area contributed by atoms with E-state index in [9.17, 15) is 0 Å². The highest BCUT2D eigenvalue weighted by Crippen LogP contribution is 2.23. The van der Waals surface area contributed by atoms with Crippen LogP contribution in [0.4, 0.5) is 0 Å². The molecule has 0 aliphatic carbocycles. The summed E-state index contributed by atoms with van der Waals surface area (Å²) < 4.78 is 7.64. The van der Waals surface area contributed by atoms with Crippen LogP contribution in [-0.4, -0.2) is 22.3 Å². The number of nitrogens with two attached hydrogens (primary N) is 1. The number of aromatic nitrogens is 2. The van der Waals surface area contributed by atoms with Crippen LogP contribution in [0.1, 0.15) is 31.6 Å². The molecular weight excluding hydrogens is 178 g/mol. The van der Waals surface area contributed by atoms with Gasteiger partial charge in [0.2, 0.25) is 0 Å². The third kappa shape index (κ3) is 1.67. The van der Waals surface area contributed by atoms with Crippen LogP contribution in [0.15, 0.2) is 12.4 Å². The molecule has 0 aromatic carbocycles. The maximum atomic E-state index is 6.11. The number of rotatable bonds is 3. The highest BCUT2D eigenvalue weighted by molar-refractivity contribution is 5.01. The molecule has 0 saturated carbocycles. The molecule has 1 aromatic rings. The molecule has 2 heterocycles. The Morgan fingerprint density at radius 1 is 1.79 bits per heavy atom. The quantitative estimate of drug-likeness (QED) is 0.785. The Morgan fingerprint density at radius 3 is 3.29 bits per heavy atom. The Bertz CT molecular complexity index is 291. The summed E-state index contributed by atoms with van der Waals surface area (Å²) in [4.78, 5) is 4.29. The molecule has 2 rings (SSSR count). The molecule has 0 bridgehead atoms. The van der Waals surface area contributed by atoms with Gasteiger partial charge in [-0.25, -0.2) is 4.98 Å². The Kier molecular flexibility index (Phi) is 2.84. The van der Waals surface area contributed by atoms with Crippen molar-refractivity contribution in [2.45, 2.75) is 38.5 Å². The van der Waals surface area contributed by atoms with Crippen LogP contribution in [0, 0.1) is 0 Å². The SMILES string of the molecule is CCn1ccnc1C(N)C1CCCO1. The second-order valence-electron chi connectivity index (χ2n) is 3.65. The molecule has 2 N–H and O–H groups in total. The fraction of sp³-hybridized carbons (Fsp3) is 0.700. The van der Waals surface area contributed by atoms with Gasteiger partial charge in [0.1, 0.15) is 5.82 Å². The predicted octanol–water partition coefficient (Wildman–Crippen LogP) is 1.08. The van der Waals surface area contributed by atoms with E-state index < -0.39 is 0 Å². The van der Waals surface area contributed by atoms with Gasteiger partial charge in [-0.3, -0.25) is 0 Å². The van der Waals surface area contributed by atoms with E-state index in [4.69, 9.17) is 10.5 Å². The van der Waals surface area contributed by atoms with Crippen molar-refractivity contribution >= 4 is 0 Å². The summed E-state index contributed by atoms with van der Waals surface area (Å²) >= 11 is 0. The average molecular weight is 195 g/mol. The number of aryl methyl sites for hydroxylation is 1. The molecule has 2 atom stereocenters. The van der Waals surface area contributed by atoms with Crippen LogP contribution in [0.2, 0.25) is 0 Å². The molecule has 1 fully saturated rings. The number of ether oxygens (including phenoxy) is 1. The van der Waals surface area contributed by atoms with E-state index in [1.165, 1.54) is 0 Å². The number of nitrogens with zero attached hydrogens (tertiary/aromatic N) is 2. The Labute approximate surface area is 84.1 Å². The molecule has 1 aliphatic heterocycles. The maximum Gasteiger partial charge on any atom is 0.128 e. The van der Waals surface area contributed by atoms with E-state index in [-0.39, 0.29) is 12.1 Å². The molecule has 4 heteroatoms. The second-order valence-corrected chi connectivity index (χ2v) is 3.65. The first-order valence-corrected chi connectivity index (χ1v) is 5.21. The smallest absolute Gasteiger partial charge is 0.128 e. The molecule has 1 aromatic heterocycles. The summed E-state index contributed by atoms with van der Waals surface area (Å²) in [5, 5.41) is 0. The van der Waals surface area contributed by atoms with Gasteiger partial charge < -0.3 is 15.0 Å². The first-order chi connectivity index (χ1) is 6.83. The van der Waals surface area contributed by atoms with Crippen LogP contribution in [0.5, 0.6) is 0 Å². The van der Waals surface area contributed by atoms with Gasteiger partial charge in [0.05, 0.1) is 12.1 Å². The predicted molar refractivity (Wildman–Crippen MR) is 53.8 cm³/mol. The standard InChI is InChI=1S/C10H17N3O/c1-2-13-6-5-12-10(13)9(11)8-4-3-7-14-8/h5-6,8-9H,2-4,7,11H2,1H3. The topological polar surface area (TPSA) is 53.1 Å². The number of imidazole rings is 1. The van der Waals surface area contributed by atoms with Crippen molar-refractivity contribution in [3.05, 3.63) is 18.2 Å². The molecule has 1 saturated heterocycles. The minimum Gasteiger partial charge on any atom is -0.376 e. The van der Waals surface area contributed by atoms with Crippen LogP contribution in [-0.2, 0) is 11.3 Å². The molecule has 14 heavy (non-hydrogen) atoms. The lowest BCUT2D eigenvalue weighted by Gasteiger charge is -2.18. The molecule has 0 radical (unpaired) electrons. The third-order valence-electron chi connectivity index (χ3n) is 2.75. The van der Waals surface area contributed by atoms with Crippen LogP contribution < -0.4 is 5.73 Å². The zero-order chi connectivity index (χ0) is 9.97. The van der Waals surface area contributed by atoms with Gasteiger partial charge in [0.15, 0.2) is 0 Å². The fourth-order valence-electron chi connectivity index (χ4n) is 1.94.